The van der Waals surface area contributed by atoms with Crippen molar-refractivity contribution in [2.45, 2.75) is 13.5 Å². The highest BCUT2D eigenvalue weighted by molar-refractivity contribution is 7.98. The molecule has 0 aliphatic rings. The molecule has 90 valence electrons. The van der Waals surface area contributed by atoms with E-state index in [4.69, 9.17) is 9.47 Å². The third-order valence-electron chi connectivity index (χ3n) is 2.06. The Hall–Kier alpha value is -0.870. The average Bonchev–Trinajstić information content (AvgIpc) is 2.31. The standard InChI is InChI=1S/C12H18O3S/c1-3-14-11-6-4-5-10(9-13)12(11)15-7-8-16-2/h4-6,13H,3,7-9H2,1-2H3. The lowest BCUT2D eigenvalue weighted by Gasteiger charge is -2.14. The Morgan fingerprint density at radius 3 is 2.75 bits per heavy atom. The van der Waals surface area contributed by atoms with E-state index >= 15 is 0 Å². The predicted molar refractivity (Wildman–Crippen MR) is 67.4 cm³/mol. The molecule has 0 atom stereocenters. The van der Waals surface area contributed by atoms with Crippen LogP contribution in [-0.4, -0.2) is 30.3 Å². The fourth-order valence-electron chi connectivity index (χ4n) is 1.35. The molecule has 0 heterocycles. The number of rotatable bonds is 7. The van der Waals surface area contributed by atoms with Gasteiger partial charge in [0.2, 0.25) is 0 Å². The Morgan fingerprint density at radius 2 is 2.12 bits per heavy atom. The van der Waals surface area contributed by atoms with Crippen molar-refractivity contribution in [3.63, 3.8) is 0 Å². The molecule has 0 aliphatic carbocycles. The van der Waals surface area contributed by atoms with Crippen LogP contribution < -0.4 is 9.47 Å². The Morgan fingerprint density at radius 1 is 1.31 bits per heavy atom. The molecule has 1 aromatic carbocycles. The molecule has 0 aromatic heterocycles. The van der Waals surface area contributed by atoms with Gasteiger partial charge in [-0.3, -0.25) is 0 Å². The number of para-hydroxylation sites is 1. The largest absolute Gasteiger partial charge is 0.490 e. The van der Waals surface area contributed by atoms with Crippen molar-refractivity contribution >= 4 is 11.8 Å². The van der Waals surface area contributed by atoms with Crippen molar-refractivity contribution in [2.75, 3.05) is 25.2 Å². The van der Waals surface area contributed by atoms with E-state index in [0.717, 1.165) is 11.3 Å². The van der Waals surface area contributed by atoms with Crippen LogP contribution in [0.25, 0.3) is 0 Å². The van der Waals surface area contributed by atoms with Crippen molar-refractivity contribution in [2.24, 2.45) is 0 Å². The number of thioether (sulfide) groups is 1. The van der Waals surface area contributed by atoms with Crippen LogP contribution >= 0.6 is 11.8 Å². The molecular weight excluding hydrogens is 224 g/mol. The third kappa shape index (κ3) is 3.61. The van der Waals surface area contributed by atoms with E-state index in [2.05, 4.69) is 0 Å². The maximum Gasteiger partial charge on any atom is 0.166 e. The van der Waals surface area contributed by atoms with Gasteiger partial charge in [0.25, 0.3) is 0 Å². The van der Waals surface area contributed by atoms with Crippen LogP contribution in [-0.2, 0) is 6.61 Å². The molecular formula is C12H18O3S. The van der Waals surface area contributed by atoms with Gasteiger partial charge in [-0.15, -0.1) is 0 Å². The van der Waals surface area contributed by atoms with E-state index in [9.17, 15) is 5.11 Å². The first-order valence-electron chi connectivity index (χ1n) is 5.30. The van der Waals surface area contributed by atoms with Crippen molar-refractivity contribution < 1.29 is 14.6 Å². The second kappa shape index (κ2) is 7.41. The monoisotopic (exact) mass is 242 g/mol. The van der Waals surface area contributed by atoms with Crippen LogP contribution in [0.3, 0.4) is 0 Å². The summed E-state index contributed by atoms with van der Waals surface area (Å²) in [6, 6.07) is 5.56. The van der Waals surface area contributed by atoms with Gasteiger partial charge in [-0.05, 0) is 19.2 Å². The van der Waals surface area contributed by atoms with Gasteiger partial charge < -0.3 is 14.6 Å². The summed E-state index contributed by atoms with van der Waals surface area (Å²) < 4.78 is 11.1. The van der Waals surface area contributed by atoms with Crippen molar-refractivity contribution in [3.8, 4) is 11.5 Å². The van der Waals surface area contributed by atoms with E-state index in [1.54, 1.807) is 11.8 Å². The summed E-state index contributed by atoms with van der Waals surface area (Å²) in [6.07, 6.45) is 2.03. The fraction of sp³-hybridized carbons (Fsp3) is 0.500. The zero-order chi connectivity index (χ0) is 11.8. The van der Waals surface area contributed by atoms with Crippen molar-refractivity contribution in [1.29, 1.82) is 0 Å². The highest BCUT2D eigenvalue weighted by Crippen LogP contribution is 2.31. The minimum atomic E-state index is -0.0322. The summed E-state index contributed by atoms with van der Waals surface area (Å²) in [5.74, 6) is 2.29. The Balaban J connectivity index is 2.81. The van der Waals surface area contributed by atoms with Crippen LogP contribution in [0.2, 0.25) is 0 Å². The number of aliphatic hydroxyl groups is 1. The first-order valence-corrected chi connectivity index (χ1v) is 6.70. The maximum absolute atomic E-state index is 9.23. The van der Waals surface area contributed by atoms with Crippen molar-refractivity contribution in [3.05, 3.63) is 23.8 Å². The van der Waals surface area contributed by atoms with Crippen molar-refractivity contribution in [1.82, 2.24) is 0 Å². The zero-order valence-corrected chi connectivity index (χ0v) is 10.5. The molecule has 4 heteroatoms. The van der Waals surface area contributed by atoms with E-state index in [-0.39, 0.29) is 6.61 Å². The molecule has 1 aromatic rings. The van der Waals surface area contributed by atoms with Gasteiger partial charge in [-0.25, -0.2) is 0 Å². The summed E-state index contributed by atoms with van der Waals surface area (Å²) in [5, 5.41) is 9.23. The van der Waals surface area contributed by atoms with Crippen LogP contribution in [0.4, 0.5) is 0 Å². The van der Waals surface area contributed by atoms with Gasteiger partial charge >= 0.3 is 0 Å². The molecule has 1 N–H and O–H groups in total. The maximum atomic E-state index is 9.23. The van der Waals surface area contributed by atoms with Gasteiger partial charge in [0.15, 0.2) is 11.5 Å². The Labute approximate surface area is 101 Å². The van der Waals surface area contributed by atoms with Gasteiger partial charge in [0.05, 0.1) is 19.8 Å². The topological polar surface area (TPSA) is 38.7 Å². The lowest BCUT2D eigenvalue weighted by atomic mass is 10.2. The third-order valence-corrected chi connectivity index (χ3v) is 2.64. The molecule has 0 unspecified atom stereocenters. The van der Waals surface area contributed by atoms with E-state index in [0.29, 0.717) is 24.7 Å². The molecule has 0 saturated heterocycles. The average molecular weight is 242 g/mol. The molecule has 0 fully saturated rings. The first-order chi connectivity index (χ1) is 7.83. The highest BCUT2D eigenvalue weighted by Gasteiger charge is 2.09. The van der Waals surface area contributed by atoms with E-state index in [1.807, 2.05) is 31.4 Å². The predicted octanol–water partition coefficient (Wildman–Crippen LogP) is 2.32. The van der Waals surface area contributed by atoms with Crippen LogP contribution in [0.1, 0.15) is 12.5 Å². The van der Waals surface area contributed by atoms with Crippen LogP contribution in [0.15, 0.2) is 18.2 Å². The summed E-state index contributed by atoms with van der Waals surface area (Å²) in [5.41, 5.74) is 0.770. The van der Waals surface area contributed by atoms with E-state index < -0.39 is 0 Å². The van der Waals surface area contributed by atoms with Crippen LogP contribution in [0, 0.1) is 0 Å². The normalized spacial score (nSPS) is 10.2. The Kier molecular flexibility index (Phi) is 6.11. The SMILES string of the molecule is CCOc1cccc(CO)c1OCCSC. The van der Waals surface area contributed by atoms with E-state index in [1.165, 1.54) is 0 Å². The van der Waals surface area contributed by atoms with Gasteiger partial charge in [-0.1, -0.05) is 12.1 Å². The molecule has 16 heavy (non-hydrogen) atoms. The minimum Gasteiger partial charge on any atom is -0.490 e. The molecule has 0 saturated carbocycles. The summed E-state index contributed by atoms with van der Waals surface area (Å²) in [4.78, 5) is 0. The molecule has 0 radical (unpaired) electrons. The molecule has 0 bridgehead atoms. The number of benzene rings is 1. The highest BCUT2D eigenvalue weighted by atomic mass is 32.2. The van der Waals surface area contributed by atoms with Gasteiger partial charge in [0.1, 0.15) is 0 Å². The number of hydrogen-bond acceptors (Lipinski definition) is 4. The smallest absolute Gasteiger partial charge is 0.166 e. The molecule has 0 aliphatic heterocycles. The number of aliphatic hydroxyl groups excluding tert-OH is 1. The summed E-state index contributed by atoms with van der Waals surface area (Å²) >= 11 is 1.73. The van der Waals surface area contributed by atoms with Gasteiger partial charge in [0, 0.05) is 11.3 Å². The first kappa shape index (κ1) is 13.2. The molecule has 0 spiro atoms. The molecule has 1 rings (SSSR count). The summed E-state index contributed by atoms with van der Waals surface area (Å²) in [7, 11) is 0. The molecule has 0 amide bonds. The lowest BCUT2D eigenvalue weighted by molar-refractivity contribution is 0.255. The van der Waals surface area contributed by atoms with Gasteiger partial charge in [-0.2, -0.15) is 11.8 Å². The number of ether oxygens (including phenoxy) is 2. The second-order valence-electron chi connectivity index (χ2n) is 3.18. The second-order valence-corrected chi connectivity index (χ2v) is 4.16. The lowest BCUT2D eigenvalue weighted by Crippen LogP contribution is -2.05. The summed E-state index contributed by atoms with van der Waals surface area (Å²) in [6.45, 7) is 3.11. The minimum absolute atomic E-state index is 0.0322. The fourth-order valence-corrected chi connectivity index (χ4v) is 1.60. The Bertz CT molecular complexity index is 315. The van der Waals surface area contributed by atoms with Crippen LogP contribution in [0.5, 0.6) is 11.5 Å². The number of hydrogen-bond donors (Lipinski definition) is 1. The molecule has 3 nitrogen and oxygen atoms in total. The quantitative estimate of drug-likeness (QED) is 0.745. The zero-order valence-electron chi connectivity index (χ0n) is 9.73.